The lowest BCUT2D eigenvalue weighted by atomic mass is 10.5. The van der Waals surface area contributed by atoms with Gasteiger partial charge in [-0.1, -0.05) is 0 Å². The molecule has 0 aliphatic rings. The minimum Gasteiger partial charge on any atom is -0.535 e. The van der Waals surface area contributed by atoms with E-state index in [-0.39, 0.29) is 0 Å². The topological polar surface area (TPSA) is 63.6 Å². The lowest BCUT2D eigenvalue weighted by molar-refractivity contribution is -0.157. The van der Waals surface area contributed by atoms with Crippen LogP contribution in [0, 0.1) is 0 Å². The smallest absolute Gasteiger partial charge is 0.413 e. The van der Waals surface area contributed by atoms with E-state index in [0.717, 1.165) is 0 Å². The second-order valence-electron chi connectivity index (χ2n) is 0.710. The zero-order valence-electron chi connectivity index (χ0n) is 3.25. The quantitative estimate of drug-likeness (QED) is 0.303. The number of carbonyl (C=O) groups is 2. The number of carboxylic acids is 1. The highest BCUT2D eigenvalue weighted by molar-refractivity contribution is 6.32. The Morgan fingerprint density at radius 3 is 2.00 bits per heavy atom. The lowest BCUT2D eigenvalue weighted by Crippen LogP contribution is -2.14. The van der Waals surface area contributed by atoms with Crippen molar-refractivity contribution < 1.29 is 19.3 Å². The summed E-state index contributed by atoms with van der Waals surface area (Å²) in [5.74, 6) is -3.15. The van der Waals surface area contributed by atoms with Crippen molar-refractivity contribution in [2.45, 2.75) is 0 Å². The predicted octanol–water partition coefficient (Wildman–Crippen LogP) is -1.30. The van der Waals surface area contributed by atoms with E-state index in [4.69, 9.17) is 5.11 Å². The van der Waals surface area contributed by atoms with Crippen molar-refractivity contribution in [2.75, 3.05) is 0 Å². The molecule has 0 fully saturated rings. The molecule has 5 heteroatoms. The first kappa shape index (κ1) is 6.00. The Morgan fingerprint density at radius 2 is 2.00 bits per heavy atom. The molecular formula is C2HBO4. The van der Waals surface area contributed by atoms with Gasteiger partial charge in [-0.15, -0.1) is 0 Å². The van der Waals surface area contributed by atoms with Crippen LogP contribution in [0.1, 0.15) is 0 Å². The Kier molecular flexibility index (Phi) is 1.91. The molecule has 0 aromatic carbocycles. The molecule has 0 saturated heterocycles. The minimum absolute atomic E-state index is 1.46. The molecule has 0 heterocycles. The number of carboxylic acid groups (broad SMARTS) is 1. The largest absolute Gasteiger partial charge is 0.535 e. The number of hydrogen-bond acceptors (Lipinski definition) is 3. The molecule has 0 atom stereocenters. The maximum absolute atomic E-state index is 9.56. The van der Waals surface area contributed by atoms with Gasteiger partial charge in [0.1, 0.15) is 0 Å². The van der Waals surface area contributed by atoms with Gasteiger partial charge in [0.2, 0.25) is 0 Å². The molecule has 4 nitrogen and oxygen atoms in total. The van der Waals surface area contributed by atoms with E-state index in [9.17, 15) is 9.59 Å². The molecule has 36 valence electrons. The molecule has 0 spiro atoms. The summed E-state index contributed by atoms with van der Waals surface area (Å²) in [5.41, 5.74) is 0. The number of aliphatic carboxylic acids is 1. The zero-order chi connectivity index (χ0) is 5.86. The van der Waals surface area contributed by atoms with Crippen molar-refractivity contribution in [3.05, 3.63) is 0 Å². The summed E-state index contributed by atoms with van der Waals surface area (Å²) >= 11 is 0. The van der Waals surface area contributed by atoms with E-state index in [1.165, 1.54) is 0 Å². The minimum atomic E-state index is -1.69. The van der Waals surface area contributed by atoms with Gasteiger partial charge >= 0.3 is 20.0 Å². The van der Waals surface area contributed by atoms with Crippen LogP contribution in [0.5, 0.6) is 0 Å². The summed E-state index contributed by atoms with van der Waals surface area (Å²) in [6.07, 6.45) is 0. The molecule has 0 aliphatic carbocycles. The van der Waals surface area contributed by atoms with E-state index in [2.05, 4.69) is 12.7 Å². The zero-order valence-corrected chi connectivity index (χ0v) is 3.25. The van der Waals surface area contributed by atoms with Crippen LogP contribution >= 0.6 is 0 Å². The second kappa shape index (κ2) is 2.23. The average molecular weight is 99.8 g/mol. The van der Waals surface area contributed by atoms with Crippen LogP contribution in [0.3, 0.4) is 0 Å². The normalized spacial score (nSPS) is 7.43. The monoisotopic (exact) mass is 100.0 g/mol. The van der Waals surface area contributed by atoms with Crippen LogP contribution in [-0.2, 0) is 14.2 Å². The van der Waals surface area contributed by atoms with Crippen molar-refractivity contribution in [2.24, 2.45) is 0 Å². The fraction of sp³-hybridized carbons (Fsp3) is 0. The first-order valence-corrected chi connectivity index (χ1v) is 1.32. The van der Waals surface area contributed by atoms with Crippen molar-refractivity contribution in [3.8, 4) is 0 Å². The van der Waals surface area contributed by atoms with Gasteiger partial charge in [-0.2, -0.15) is 0 Å². The molecular weight excluding hydrogens is 98.8 g/mol. The molecule has 0 unspecified atom stereocenters. The van der Waals surface area contributed by atoms with E-state index in [1.807, 2.05) is 0 Å². The Labute approximate surface area is 40.5 Å². The van der Waals surface area contributed by atoms with Gasteiger partial charge in [0, 0.05) is 0 Å². The molecule has 2 radical (unpaired) electrons. The molecule has 0 saturated carbocycles. The summed E-state index contributed by atoms with van der Waals surface area (Å²) in [7, 11) is 4.14. The second-order valence-corrected chi connectivity index (χ2v) is 0.710. The molecule has 0 bridgehead atoms. The SMILES string of the molecule is [B]OC(=O)C(=O)O. The fourth-order valence-electron chi connectivity index (χ4n) is 0.0504. The van der Waals surface area contributed by atoms with E-state index in [0.29, 0.717) is 0 Å². The molecule has 0 aliphatic heterocycles. The standard InChI is InChI=1S/C2HBO4/c3-7-2(6)1(4)5/h(H,4,5). The van der Waals surface area contributed by atoms with E-state index in [1.54, 1.807) is 0 Å². The summed E-state index contributed by atoms with van der Waals surface area (Å²) < 4.78 is 3.27. The van der Waals surface area contributed by atoms with Crippen LogP contribution in [0.4, 0.5) is 0 Å². The highest BCUT2D eigenvalue weighted by atomic mass is 16.5. The maximum atomic E-state index is 9.56. The third kappa shape index (κ3) is 1.80. The third-order valence-electron chi connectivity index (χ3n) is 0.282. The number of carbonyl (C=O) groups excluding carboxylic acids is 1. The maximum Gasteiger partial charge on any atom is 0.413 e. The highest BCUT2D eigenvalue weighted by Crippen LogP contribution is 1.67. The van der Waals surface area contributed by atoms with Gasteiger partial charge in [0.05, 0.1) is 0 Å². The van der Waals surface area contributed by atoms with Gasteiger partial charge in [0.25, 0.3) is 0 Å². The van der Waals surface area contributed by atoms with Crippen LogP contribution in [0.15, 0.2) is 0 Å². The first-order chi connectivity index (χ1) is 3.18. The average Bonchev–Trinajstić information content (AvgIpc) is 1.65. The van der Waals surface area contributed by atoms with Gasteiger partial charge in [-0.25, -0.2) is 9.59 Å². The van der Waals surface area contributed by atoms with Gasteiger partial charge in [-0.05, 0) is 0 Å². The molecule has 0 amide bonds. The fourth-order valence-corrected chi connectivity index (χ4v) is 0.0504. The first-order valence-electron chi connectivity index (χ1n) is 1.32. The van der Waals surface area contributed by atoms with Crippen molar-refractivity contribution >= 4 is 20.0 Å². The Hall–Kier alpha value is -0.995. The molecule has 1 N–H and O–H groups in total. The Morgan fingerprint density at radius 1 is 1.57 bits per heavy atom. The summed E-state index contributed by atoms with van der Waals surface area (Å²) in [5, 5.41) is 7.63. The van der Waals surface area contributed by atoms with Gasteiger partial charge in [0.15, 0.2) is 0 Å². The third-order valence-corrected chi connectivity index (χ3v) is 0.282. The van der Waals surface area contributed by atoms with Crippen LogP contribution in [0.25, 0.3) is 0 Å². The van der Waals surface area contributed by atoms with Gasteiger partial charge < -0.3 is 9.76 Å². The summed E-state index contributed by atoms with van der Waals surface area (Å²) in [6.45, 7) is 0. The molecule has 0 aromatic heterocycles. The lowest BCUT2D eigenvalue weighted by Gasteiger charge is -1.86. The highest BCUT2D eigenvalue weighted by Gasteiger charge is 2.07. The summed E-state index contributed by atoms with van der Waals surface area (Å²) in [6, 6.07) is 0. The predicted molar refractivity (Wildman–Crippen MR) is 19.5 cm³/mol. The Balaban J connectivity index is 3.58. The molecule has 7 heavy (non-hydrogen) atoms. The van der Waals surface area contributed by atoms with E-state index >= 15 is 0 Å². The van der Waals surface area contributed by atoms with Crippen molar-refractivity contribution in [1.29, 1.82) is 0 Å². The van der Waals surface area contributed by atoms with Gasteiger partial charge in [-0.3, -0.25) is 0 Å². The number of hydrogen-bond donors (Lipinski definition) is 1. The van der Waals surface area contributed by atoms with Crippen molar-refractivity contribution in [1.82, 2.24) is 0 Å². The van der Waals surface area contributed by atoms with Crippen LogP contribution < -0.4 is 0 Å². The van der Waals surface area contributed by atoms with Crippen molar-refractivity contribution in [3.63, 3.8) is 0 Å². The molecule has 0 aromatic rings. The number of rotatable bonds is 0. The molecule has 0 rings (SSSR count). The Bertz CT molecular complexity index is 97.9. The van der Waals surface area contributed by atoms with Crippen LogP contribution in [0.2, 0.25) is 0 Å². The van der Waals surface area contributed by atoms with Crippen LogP contribution in [-0.4, -0.2) is 25.1 Å². The summed E-state index contributed by atoms with van der Waals surface area (Å²) in [4.78, 5) is 18.9. The van der Waals surface area contributed by atoms with E-state index < -0.39 is 11.9 Å².